The lowest BCUT2D eigenvalue weighted by Crippen LogP contribution is -2.38. The Bertz CT molecular complexity index is 187. The molecule has 0 aromatic rings. The highest BCUT2D eigenvalue weighted by Crippen LogP contribution is 2.05. The van der Waals surface area contributed by atoms with Crippen molar-refractivity contribution in [1.29, 1.82) is 0 Å². The summed E-state index contributed by atoms with van der Waals surface area (Å²) in [7, 11) is 0. The number of amides is 1. The molecule has 0 aromatic heterocycles. The number of nitrogens with zero attached hydrogens (tertiary/aromatic N) is 1. The molecule has 0 saturated carbocycles. The summed E-state index contributed by atoms with van der Waals surface area (Å²) in [5, 5.41) is 3.13. The normalized spacial score (nSPS) is 24.6. The summed E-state index contributed by atoms with van der Waals surface area (Å²) in [6.07, 6.45) is -2.13. The Labute approximate surface area is 76.1 Å². The molecule has 0 bridgehead atoms. The van der Waals surface area contributed by atoms with Gasteiger partial charge in [-0.1, -0.05) is 0 Å². The molecule has 1 aliphatic rings. The van der Waals surface area contributed by atoms with Crippen molar-refractivity contribution in [3.8, 4) is 0 Å². The number of halogens is 2. The van der Waals surface area contributed by atoms with Crippen LogP contribution in [0.4, 0.5) is 8.78 Å². The van der Waals surface area contributed by atoms with Gasteiger partial charge in [0.1, 0.15) is 0 Å². The first-order valence-electron chi connectivity index (χ1n) is 4.41. The standard InChI is InChI=1S/C8H14F2N2O/c1-6-2-4-12(5-3-11-6)8(13)7(9)10/h6-7,11H,2-5H2,1H3. The lowest BCUT2D eigenvalue weighted by Gasteiger charge is -2.18. The molecule has 1 atom stereocenters. The summed E-state index contributed by atoms with van der Waals surface area (Å²) in [5.41, 5.74) is 0. The second-order valence-corrected chi connectivity index (χ2v) is 3.27. The summed E-state index contributed by atoms with van der Waals surface area (Å²) >= 11 is 0. The predicted molar refractivity (Wildman–Crippen MR) is 44.7 cm³/mol. The van der Waals surface area contributed by atoms with Crippen LogP contribution < -0.4 is 5.32 Å². The molecule has 0 aromatic carbocycles. The maximum Gasteiger partial charge on any atom is 0.315 e. The largest absolute Gasteiger partial charge is 0.336 e. The van der Waals surface area contributed by atoms with Crippen molar-refractivity contribution in [3.05, 3.63) is 0 Å². The van der Waals surface area contributed by atoms with Crippen LogP contribution in [0.15, 0.2) is 0 Å². The number of carbonyl (C=O) groups excluding carboxylic acids is 1. The quantitative estimate of drug-likeness (QED) is 0.654. The van der Waals surface area contributed by atoms with Gasteiger partial charge in [0.2, 0.25) is 0 Å². The van der Waals surface area contributed by atoms with E-state index in [2.05, 4.69) is 5.32 Å². The van der Waals surface area contributed by atoms with Gasteiger partial charge in [-0.05, 0) is 13.3 Å². The van der Waals surface area contributed by atoms with Gasteiger partial charge < -0.3 is 10.2 Å². The zero-order valence-corrected chi connectivity index (χ0v) is 7.59. The summed E-state index contributed by atoms with van der Waals surface area (Å²) < 4.78 is 24.1. The van der Waals surface area contributed by atoms with Crippen LogP contribution in [0, 0.1) is 0 Å². The molecule has 5 heteroatoms. The van der Waals surface area contributed by atoms with E-state index in [9.17, 15) is 13.6 Å². The topological polar surface area (TPSA) is 32.3 Å². The minimum absolute atomic E-state index is 0.301. The molecular formula is C8H14F2N2O. The van der Waals surface area contributed by atoms with Crippen LogP contribution in [0.25, 0.3) is 0 Å². The first-order valence-corrected chi connectivity index (χ1v) is 4.41. The Kier molecular flexibility index (Phi) is 3.59. The fraction of sp³-hybridized carbons (Fsp3) is 0.875. The van der Waals surface area contributed by atoms with Gasteiger partial charge in [-0.25, -0.2) is 0 Å². The third kappa shape index (κ3) is 2.91. The smallest absolute Gasteiger partial charge is 0.315 e. The van der Waals surface area contributed by atoms with Crippen LogP contribution >= 0.6 is 0 Å². The van der Waals surface area contributed by atoms with E-state index in [1.165, 1.54) is 4.90 Å². The Morgan fingerprint density at radius 1 is 1.54 bits per heavy atom. The summed E-state index contributed by atoms with van der Waals surface area (Å²) in [6, 6.07) is 0.301. The number of alkyl halides is 2. The van der Waals surface area contributed by atoms with Crippen LogP contribution in [-0.4, -0.2) is 42.9 Å². The maximum atomic E-state index is 12.0. The summed E-state index contributed by atoms with van der Waals surface area (Å²) in [6.45, 7) is 3.39. The van der Waals surface area contributed by atoms with Crippen molar-refractivity contribution < 1.29 is 13.6 Å². The molecule has 1 aliphatic heterocycles. The lowest BCUT2D eigenvalue weighted by molar-refractivity contribution is -0.142. The highest BCUT2D eigenvalue weighted by Gasteiger charge is 2.24. The van der Waals surface area contributed by atoms with Crippen molar-refractivity contribution >= 4 is 5.91 Å². The van der Waals surface area contributed by atoms with Crippen molar-refractivity contribution in [2.24, 2.45) is 0 Å². The third-order valence-corrected chi connectivity index (χ3v) is 2.20. The fourth-order valence-corrected chi connectivity index (χ4v) is 1.37. The molecule has 13 heavy (non-hydrogen) atoms. The van der Waals surface area contributed by atoms with Gasteiger partial charge in [0.05, 0.1) is 0 Å². The molecule has 0 spiro atoms. The number of hydrogen-bond donors (Lipinski definition) is 1. The van der Waals surface area contributed by atoms with E-state index in [4.69, 9.17) is 0 Å². The van der Waals surface area contributed by atoms with Gasteiger partial charge in [0.15, 0.2) is 0 Å². The van der Waals surface area contributed by atoms with E-state index in [1.807, 2.05) is 6.92 Å². The highest BCUT2D eigenvalue weighted by molar-refractivity contribution is 5.79. The molecule has 76 valence electrons. The number of hydrogen-bond acceptors (Lipinski definition) is 2. The molecule has 1 amide bonds. The van der Waals surface area contributed by atoms with Crippen molar-refractivity contribution in [3.63, 3.8) is 0 Å². The van der Waals surface area contributed by atoms with Crippen LogP contribution in [0.2, 0.25) is 0 Å². The van der Waals surface area contributed by atoms with Crippen molar-refractivity contribution in [1.82, 2.24) is 10.2 Å². The second kappa shape index (κ2) is 4.50. The van der Waals surface area contributed by atoms with Gasteiger partial charge in [0, 0.05) is 25.7 Å². The molecule has 1 saturated heterocycles. The SMILES string of the molecule is CC1CCN(C(=O)C(F)F)CCN1. The minimum atomic E-state index is -2.87. The molecular weight excluding hydrogens is 178 g/mol. The molecule has 1 N–H and O–H groups in total. The summed E-state index contributed by atoms with van der Waals surface area (Å²) in [5.74, 6) is -1.05. The van der Waals surface area contributed by atoms with E-state index in [1.54, 1.807) is 0 Å². The monoisotopic (exact) mass is 192 g/mol. The first kappa shape index (κ1) is 10.4. The van der Waals surface area contributed by atoms with Crippen molar-refractivity contribution in [2.45, 2.75) is 25.8 Å². The minimum Gasteiger partial charge on any atom is -0.336 e. The van der Waals surface area contributed by atoms with Crippen LogP contribution in [-0.2, 0) is 4.79 Å². The van der Waals surface area contributed by atoms with Crippen molar-refractivity contribution in [2.75, 3.05) is 19.6 Å². The Balaban J connectivity index is 2.46. The Hall–Kier alpha value is -0.710. The van der Waals surface area contributed by atoms with E-state index in [-0.39, 0.29) is 0 Å². The fourth-order valence-electron chi connectivity index (χ4n) is 1.37. The lowest BCUT2D eigenvalue weighted by atomic mass is 10.2. The van der Waals surface area contributed by atoms with Gasteiger partial charge in [-0.2, -0.15) is 8.78 Å². The average molecular weight is 192 g/mol. The molecule has 0 aliphatic carbocycles. The number of nitrogens with one attached hydrogen (secondary N) is 1. The first-order chi connectivity index (χ1) is 6.11. The van der Waals surface area contributed by atoms with Gasteiger partial charge >= 0.3 is 6.43 Å². The molecule has 1 heterocycles. The zero-order valence-electron chi connectivity index (χ0n) is 7.59. The van der Waals surface area contributed by atoms with E-state index in [0.29, 0.717) is 25.7 Å². The van der Waals surface area contributed by atoms with E-state index in [0.717, 1.165) is 6.42 Å². The average Bonchev–Trinajstić information content (AvgIpc) is 2.28. The van der Waals surface area contributed by atoms with Crippen LogP contribution in [0.5, 0.6) is 0 Å². The molecule has 1 unspecified atom stereocenters. The number of carbonyl (C=O) groups is 1. The second-order valence-electron chi connectivity index (χ2n) is 3.27. The molecule has 1 fully saturated rings. The predicted octanol–water partition coefficient (Wildman–Crippen LogP) is 0.462. The number of rotatable bonds is 1. The van der Waals surface area contributed by atoms with Gasteiger partial charge in [-0.15, -0.1) is 0 Å². The van der Waals surface area contributed by atoms with Crippen LogP contribution in [0.3, 0.4) is 0 Å². The van der Waals surface area contributed by atoms with E-state index >= 15 is 0 Å². The highest BCUT2D eigenvalue weighted by atomic mass is 19.3. The Morgan fingerprint density at radius 3 is 2.85 bits per heavy atom. The molecule has 1 rings (SSSR count). The zero-order chi connectivity index (χ0) is 9.84. The summed E-state index contributed by atoms with van der Waals surface area (Å²) in [4.78, 5) is 12.1. The molecule has 3 nitrogen and oxygen atoms in total. The Morgan fingerprint density at radius 2 is 2.23 bits per heavy atom. The van der Waals surface area contributed by atoms with Gasteiger partial charge in [0.25, 0.3) is 5.91 Å². The molecule has 0 radical (unpaired) electrons. The van der Waals surface area contributed by atoms with E-state index < -0.39 is 12.3 Å². The van der Waals surface area contributed by atoms with Gasteiger partial charge in [-0.3, -0.25) is 4.79 Å². The van der Waals surface area contributed by atoms with Crippen LogP contribution in [0.1, 0.15) is 13.3 Å². The maximum absolute atomic E-state index is 12.0. The third-order valence-electron chi connectivity index (χ3n) is 2.20.